The number of ether oxygens (including phenoxy) is 1. The van der Waals surface area contributed by atoms with Gasteiger partial charge in [-0.3, -0.25) is 4.79 Å². The molecule has 7 nitrogen and oxygen atoms in total. The zero-order valence-corrected chi connectivity index (χ0v) is 25.8. The van der Waals surface area contributed by atoms with Crippen LogP contribution in [0.4, 0.5) is 0 Å². The van der Waals surface area contributed by atoms with Crippen LogP contribution in [-0.2, 0) is 22.6 Å². The largest absolute Gasteiger partial charge is 0.481 e. The number of carboxylic acids is 1. The minimum absolute atomic E-state index is 0.0244. The molecule has 7 heteroatoms. The Bertz CT molecular complexity index is 1380. The molecule has 1 aliphatic heterocycles. The van der Waals surface area contributed by atoms with Crippen molar-refractivity contribution < 1.29 is 19.4 Å². The molecule has 1 amide bonds. The molecule has 1 saturated carbocycles. The highest BCUT2D eigenvalue weighted by molar-refractivity contribution is 5.87. The van der Waals surface area contributed by atoms with E-state index in [-0.39, 0.29) is 23.8 Å². The molecule has 43 heavy (non-hydrogen) atoms. The third-order valence-corrected chi connectivity index (χ3v) is 9.22. The highest BCUT2D eigenvalue weighted by atomic mass is 16.5. The monoisotopic (exact) mass is 583 g/mol. The Balaban J connectivity index is 1.53. The summed E-state index contributed by atoms with van der Waals surface area (Å²) < 4.78 is 5.66. The Morgan fingerprint density at radius 1 is 0.977 bits per heavy atom. The van der Waals surface area contributed by atoms with Crippen molar-refractivity contribution in [3.63, 3.8) is 0 Å². The van der Waals surface area contributed by atoms with E-state index in [0.717, 1.165) is 55.2 Å². The number of amides is 1. The summed E-state index contributed by atoms with van der Waals surface area (Å²) in [6.45, 7) is 6.68. The first kappa shape index (κ1) is 30.7. The number of carboxylic acid groups (broad SMARTS) is 1. The van der Waals surface area contributed by atoms with Gasteiger partial charge in [-0.15, -0.1) is 0 Å². The van der Waals surface area contributed by atoms with E-state index >= 15 is 0 Å². The highest BCUT2D eigenvalue weighted by Crippen LogP contribution is 2.49. The van der Waals surface area contributed by atoms with E-state index in [9.17, 15) is 14.7 Å². The number of nitrogens with zero attached hydrogens (tertiary/aromatic N) is 2. The minimum Gasteiger partial charge on any atom is -0.481 e. The van der Waals surface area contributed by atoms with Crippen molar-refractivity contribution in [2.75, 3.05) is 7.11 Å². The molecule has 0 bridgehead atoms. The third-order valence-electron chi connectivity index (χ3n) is 9.22. The van der Waals surface area contributed by atoms with Crippen molar-refractivity contribution in [1.82, 2.24) is 15.2 Å². The molecule has 1 aromatic heterocycles. The van der Waals surface area contributed by atoms with Crippen molar-refractivity contribution in [3.8, 4) is 5.88 Å². The van der Waals surface area contributed by atoms with Crippen LogP contribution < -0.4 is 10.1 Å². The summed E-state index contributed by atoms with van der Waals surface area (Å²) in [5.41, 5.74) is 3.72. The zero-order chi connectivity index (χ0) is 30.6. The fourth-order valence-corrected chi connectivity index (χ4v) is 7.30. The number of nitrogens with one attached hydrogen (secondary N) is 1. The lowest BCUT2D eigenvalue weighted by Gasteiger charge is -2.36. The van der Waals surface area contributed by atoms with Crippen molar-refractivity contribution in [3.05, 3.63) is 95.2 Å². The molecule has 2 aliphatic rings. The van der Waals surface area contributed by atoms with E-state index in [4.69, 9.17) is 4.74 Å². The lowest BCUT2D eigenvalue weighted by molar-refractivity contribution is -0.154. The molecule has 4 atom stereocenters. The van der Waals surface area contributed by atoms with Crippen LogP contribution in [0.25, 0.3) is 0 Å². The number of aromatic nitrogens is 1. The first-order valence-electron chi connectivity index (χ1n) is 15.6. The standard InChI is InChI=1S/C36H45N3O4/c1-36(2,3)29-30(37-23-28-21-25(22-38-33(28)43-4)20-24-14-8-5-9-15-24)31(26-16-10-6-11-17-26)39(32(29)35(41)42)34(40)27-18-12-7-13-19-27/h5-6,8-11,14-17,21-22,27,29-32,37H,7,12-13,18-20,23H2,1-4H3,(H,41,42)/t29-,30-,31-,32-/m0/s1. The van der Waals surface area contributed by atoms with Crippen LogP contribution in [0.5, 0.6) is 5.88 Å². The molecule has 2 N–H and O–H groups in total. The van der Waals surface area contributed by atoms with Crippen LogP contribution in [-0.4, -0.2) is 46.1 Å². The number of rotatable bonds is 9. The number of carbonyl (C=O) groups is 2. The van der Waals surface area contributed by atoms with E-state index in [1.54, 1.807) is 12.0 Å². The van der Waals surface area contributed by atoms with Crippen LogP contribution in [0.15, 0.2) is 72.9 Å². The number of aliphatic carboxylic acids is 1. The van der Waals surface area contributed by atoms with E-state index in [1.807, 2.05) is 54.7 Å². The van der Waals surface area contributed by atoms with E-state index in [0.29, 0.717) is 12.4 Å². The van der Waals surface area contributed by atoms with Crippen LogP contribution in [0.3, 0.4) is 0 Å². The summed E-state index contributed by atoms with van der Waals surface area (Å²) in [5, 5.41) is 14.5. The van der Waals surface area contributed by atoms with Gasteiger partial charge in [-0.25, -0.2) is 9.78 Å². The average molecular weight is 584 g/mol. The topological polar surface area (TPSA) is 91.8 Å². The van der Waals surface area contributed by atoms with Crippen LogP contribution in [0.2, 0.25) is 0 Å². The van der Waals surface area contributed by atoms with Gasteiger partial charge in [-0.05, 0) is 47.4 Å². The van der Waals surface area contributed by atoms with Crippen LogP contribution in [0.1, 0.15) is 81.2 Å². The lowest BCUT2D eigenvalue weighted by atomic mass is 9.72. The summed E-state index contributed by atoms with van der Waals surface area (Å²) in [4.78, 5) is 33.8. The quantitative estimate of drug-likeness (QED) is 0.302. The van der Waals surface area contributed by atoms with E-state index in [1.165, 1.54) is 5.56 Å². The second-order valence-corrected chi connectivity index (χ2v) is 13.2. The normalized spacial score (nSPS) is 22.8. The van der Waals surface area contributed by atoms with Crippen molar-refractivity contribution in [1.29, 1.82) is 0 Å². The number of carbonyl (C=O) groups excluding carboxylic acids is 1. The summed E-state index contributed by atoms with van der Waals surface area (Å²) in [7, 11) is 1.62. The Hall–Kier alpha value is -3.71. The van der Waals surface area contributed by atoms with Gasteiger partial charge >= 0.3 is 5.97 Å². The lowest BCUT2D eigenvalue weighted by Crippen LogP contribution is -2.49. The second-order valence-electron chi connectivity index (χ2n) is 13.2. The van der Waals surface area contributed by atoms with Crippen LogP contribution in [0, 0.1) is 17.3 Å². The fraction of sp³-hybridized carbons (Fsp3) is 0.472. The van der Waals surface area contributed by atoms with Gasteiger partial charge in [0.25, 0.3) is 0 Å². The number of pyridine rings is 1. The predicted octanol–water partition coefficient (Wildman–Crippen LogP) is 6.42. The summed E-state index contributed by atoms with van der Waals surface area (Å²) in [6, 6.07) is 20.6. The number of methoxy groups -OCH3 is 1. The van der Waals surface area contributed by atoms with Gasteiger partial charge in [-0.2, -0.15) is 0 Å². The SMILES string of the molecule is COc1ncc(Cc2ccccc2)cc1CN[C@H]1[C@H](C(C)(C)C)[C@@H](C(=O)O)N(C(=O)C2CCCCC2)[C@H]1c1ccccc1. The zero-order valence-electron chi connectivity index (χ0n) is 25.8. The highest BCUT2D eigenvalue weighted by Gasteiger charge is 2.58. The van der Waals surface area contributed by atoms with E-state index < -0.39 is 23.5 Å². The molecule has 0 unspecified atom stereocenters. The maximum Gasteiger partial charge on any atom is 0.326 e. The molecule has 0 radical (unpaired) electrons. The number of hydrogen-bond donors (Lipinski definition) is 2. The van der Waals surface area contributed by atoms with Crippen molar-refractivity contribution in [2.45, 2.75) is 84.0 Å². The number of benzene rings is 2. The predicted molar refractivity (Wildman–Crippen MR) is 168 cm³/mol. The molecule has 5 rings (SSSR count). The van der Waals surface area contributed by atoms with E-state index in [2.05, 4.69) is 49.3 Å². The summed E-state index contributed by atoms with van der Waals surface area (Å²) >= 11 is 0. The Labute approximate surface area is 255 Å². The van der Waals surface area contributed by atoms with Crippen molar-refractivity contribution in [2.24, 2.45) is 17.3 Å². The maximum atomic E-state index is 14.3. The molecule has 2 fully saturated rings. The molecule has 3 aromatic rings. The smallest absolute Gasteiger partial charge is 0.326 e. The van der Waals surface area contributed by atoms with Crippen LogP contribution >= 0.6 is 0 Å². The third kappa shape index (κ3) is 6.77. The van der Waals surface area contributed by atoms with Crippen molar-refractivity contribution >= 4 is 11.9 Å². The van der Waals surface area contributed by atoms with Gasteiger partial charge in [0.2, 0.25) is 11.8 Å². The average Bonchev–Trinajstić information content (AvgIpc) is 3.37. The van der Waals surface area contributed by atoms with Gasteiger partial charge in [0, 0.05) is 36.2 Å². The van der Waals surface area contributed by atoms with Gasteiger partial charge in [0.15, 0.2) is 0 Å². The van der Waals surface area contributed by atoms with Gasteiger partial charge < -0.3 is 20.1 Å². The first-order valence-corrected chi connectivity index (χ1v) is 15.6. The number of likely N-dealkylation sites (tertiary alicyclic amines) is 1. The maximum absolute atomic E-state index is 14.3. The Morgan fingerprint density at radius 3 is 2.23 bits per heavy atom. The molecule has 0 spiro atoms. The summed E-state index contributed by atoms with van der Waals surface area (Å²) in [5.74, 6) is -0.910. The molecule has 2 heterocycles. The number of hydrogen-bond acceptors (Lipinski definition) is 5. The van der Waals surface area contributed by atoms with Gasteiger partial charge in [0.05, 0.1) is 13.2 Å². The molecule has 1 saturated heterocycles. The Kier molecular flexibility index (Phi) is 9.50. The van der Waals surface area contributed by atoms with Gasteiger partial charge in [-0.1, -0.05) is 101 Å². The second kappa shape index (κ2) is 13.3. The molecular formula is C36H45N3O4. The Morgan fingerprint density at radius 2 is 1.63 bits per heavy atom. The molecule has 1 aliphatic carbocycles. The molecule has 2 aromatic carbocycles. The molecular weight excluding hydrogens is 538 g/mol. The molecule has 228 valence electrons. The first-order chi connectivity index (χ1) is 20.7. The van der Waals surface area contributed by atoms with Gasteiger partial charge in [0.1, 0.15) is 6.04 Å². The minimum atomic E-state index is -0.946. The summed E-state index contributed by atoms with van der Waals surface area (Å²) in [6.07, 6.45) is 7.37. The fourth-order valence-electron chi connectivity index (χ4n) is 7.30.